The summed E-state index contributed by atoms with van der Waals surface area (Å²) in [5.41, 5.74) is 4.53. The predicted molar refractivity (Wildman–Crippen MR) is 85.5 cm³/mol. The number of aromatic nitrogens is 2. The fraction of sp³-hybridized carbons (Fsp3) is 0.286. The second-order valence-corrected chi connectivity index (χ2v) is 5.20. The molecule has 1 aromatic heterocycles. The van der Waals surface area contributed by atoms with Gasteiger partial charge in [-0.3, -0.25) is 0 Å². The summed E-state index contributed by atoms with van der Waals surface area (Å²) in [6.45, 7) is 3.96. The molecule has 0 aliphatic heterocycles. The van der Waals surface area contributed by atoms with Crippen molar-refractivity contribution >= 4 is 29.1 Å². The lowest BCUT2D eigenvalue weighted by molar-refractivity contribution is 0.932. The number of rotatable bonds is 5. The van der Waals surface area contributed by atoms with Gasteiger partial charge in [-0.2, -0.15) is 0 Å². The SMILES string of the molecule is CCc1nc(NN)c(C)c(Nc2cccc(SC)c2)n1. The third-order valence-electron chi connectivity index (χ3n) is 2.98. The lowest BCUT2D eigenvalue weighted by Gasteiger charge is -2.13. The molecule has 0 bridgehead atoms. The molecule has 5 nitrogen and oxygen atoms in total. The molecule has 0 saturated carbocycles. The average Bonchev–Trinajstić information content (AvgIpc) is 2.49. The van der Waals surface area contributed by atoms with Crippen molar-refractivity contribution in [2.75, 3.05) is 17.0 Å². The Kier molecular flexibility index (Phi) is 4.81. The van der Waals surface area contributed by atoms with E-state index in [1.807, 2.05) is 26.0 Å². The monoisotopic (exact) mass is 289 g/mol. The van der Waals surface area contributed by atoms with E-state index >= 15 is 0 Å². The van der Waals surface area contributed by atoms with Crippen LogP contribution in [0.15, 0.2) is 29.2 Å². The fourth-order valence-corrected chi connectivity index (χ4v) is 2.28. The molecular formula is C14H19N5S. The number of nitrogens with zero attached hydrogens (tertiary/aromatic N) is 2. The Balaban J connectivity index is 2.36. The van der Waals surface area contributed by atoms with Crippen LogP contribution in [-0.2, 0) is 6.42 Å². The first kappa shape index (κ1) is 14.6. The van der Waals surface area contributed by atoms with Crippen molar-refractivity contribution in [2.45, 2.75) is 25.2 Å². The number of aryl methyl sites for hydroxylation is 1. The number of anilines is 3. The van der Waals surface area contributed by atoms with E-state index in [0.717, 1.165) is 29.3 Å². The van der Waals surface area contributed by atoms with Crippen LogP contribution >= 0.6 is 11.8 Å². The van der Waals surface area contributed by atoms with Crippen LogP contribution in [0.25, 0.3) is 0 Å². The van der Waals surface area contributed by atoms with Gasteiger partial charge in [0, 0.05) is 22.6 Å². The zero-order valence-corrected chi connectivity index (χ0v) is 12.7. The first-order valence-corrected chi connectivity index (χ1v) is 7.65. The van der Waals surface area contributed by atoms with Gasteiger partial charge in [0.2, 0.25) is 0 Å². The first-order chi connectivity index (χ1) is 9.67. The molecule has 0 amide bonds. The molecule has 0 saturated heterocycles. The smallest absolute Gasteiger partial charge is 0.148 e. The van der Waals surface area contributed by atoms with Crippen molar-refractivity contribution in [2.24, 2.45) is 5.84 Å². The Labute approximate surface area is 123 Å². The standard InChI is InChI=1S/C14H19N5S/c1-4-12-17-13(9(2)14(18-12)19-15)16-10-6-5-7-11(8-10)20-3/h5-8H,4,15H2,1-3H3,(H2,16,17,18,19). The summed E-state index contributed by atoms with van der Waals surface area (Å²) in [5, 5.41) is 3.34. The van der Waals surface area contributed by atoms with Crippen LogP contribution in [0.1, 0.15) is 18.3 Å². The van der Waals surface area contributed by atoms with E-state index in [9.17, 15) is 0 Å². The van der Waals surface area contributed by atoms with Gasteiger partial charge in [-0.05, 0) is 31.4 Å². The van der Waals surface area contributed by atoms with Crippen LogP contribution in [0.5, 0.6) is 0 Å². The summed E-state index contributed by atoms with van der Waals surface area (Å²) in [5.74, 6) is 7.70. The Morgan fingerprint density at radius 3 is 2.65 bits per heavy atom. The van der Waals surface area contributed by atoms with Gasteiger partial charge in [0.15, 0.2) is 0 Å². The zero-order valence-electron chi connectivity index (χ0n) is 11.9. The molecule has 0 atom stereocenters. The number of nitrogens with two attached hydrogens (primary N) is 1. The van der Waals surface area contributed by atoms with E-state index in [1.165, 1.54) is 4.90 Å². The topological polar surface area (TPSA) is 75.9 Å². The molecule has 1 aromatic carbocycles. The van der Waals surface area contributed by atoms with Gasteiger partial charge in [0.25, 0.3) is 0 Å². The van der Waals surface area contributed by atoms with Crippen molar-refractivity contribution in [1.82, 2.24) is 9.97 Å². The lowest BCUT2D eigenvalue weighted by atomic mass is 10.2. The van der Waals surface area contributed by atoms with Gasteiger partial charge in [-0.15, -0.1) is 11.8 Å². The normalized spacial score (nSPS) is 10.4. The molecule has 0 unspecified atom stereocenters. The molecular weight excluding hydrogens is 270 g/mol. The number of nitrogen functional groups attached to an aromatic ring is 1. The maximum absolute atomic E-state index is 5.51. The highest BCUT2D eigenvalue weighted by atomic mass is 32.2. The molecule has 4 N–H and O–H groups in total. The van der Waals surface area contributed by atoms with Crippen molar-refractivity contribution in [3.05, 3.63) is 35.7 Å². The molecule has 106 valence electrons. The molecule has 0 spiro atoms. The van der Waals surface area contributed by atoms with Gasteiger partial charge in [-0.25, -0.2) is 15.8 Å². The molecule has 0 aliphatic rings. The Morgan fingerprint density at radius 2 is 2.00 bits per heavy atom. The van der Waals surface area contributed by atoms with Crippen molar-refractivity contribution in [1.29, 1.82) is 0 Å². The summed E-state index contributed by atoms with van der Waals surface area (Å²) < 4.78 is 0. The van der Waals surface area contributed by atoms with Crippen molar-refractivity contribution in [3.8, 4) is 0 Å². The molecule has 20 heavy (non-hydrogen) atoms. The van der Waals surface area contributed by atoms with Crippen LogP contribution in [0.4, 0.5) is 17.3 Å². The Hall–Kier alpha value is -1.79. The molecule has 0 fully saturated rings. The quantitative estimate of drug-likeness (QED) is 0.446. The summed E-state index contributed by atoms with van der Waals surface area (Å²) in [6, 6.07) is 8.20. The van der Waals surface area contributed by atoms with Gasteiger partial charge in [-0.1, -0.05) is 13.0 Å². The summed E-state index contributed by atoms with van der Waals surface area (Å²) >= 11 is 1.71. The van der Waals surface area contributed by atoms with Crippen LogP contribution in [-0.4, -0.2) is 16.2 Å². The van der Waals surface area contributed by atoms with Gasteiger partial charge in [0.1, 0.15) is 17.5 Å². The highest BCUT2D eigenvalue weighted by molar-refractivity contribution is 7.98. The molecule has 0 radical (unpaired) electrons. The maximum atomic E-state index is 5.51. The number of hydrogen-bond acceptors (Lipinski definition) is 6. The van der Waals surface area contributed by atoms with Crippen LogP contribution in [0.2, 0.25) is 0 Å². The number of benzene rings is 1. The first-order valence-electron chi connectivity index (χ1n) is 6.43. The minimum Gasteiger partial charge on any atom is -0.340 e. The highest BCUT2D eigenvalue weighted by Crippen LogP contribution is 2.25. The molecule has 2 aromatic rings. The third kappa shape index (κ3) is 3.20. The minimum atomic E-state index is 0.653. The van der Waals surface area contributed by atoms with Gasteiger partial charge >= 0.3 is 0 Å². The summed E-state index contributed by atoms with van der Waals surface area (Å²) in [4.78, 5) is 10.1. The average molecular weight is 289 g/mol. The molecule has 2 rings (SSSR count). The number of nitrogens with one attached hydrogen (secondary N) is 2. The van der Waals surface area contributed by atoms with Crippen molar-refractivity contribution < 1.29 is 0 Å². The molecule has 0 aliphatic carbocycles. The third-order valence-corrected chi connectivity index (χ3v) is 3.70. The fourth-order valence-electron chi connectivity index (χ4n) is 1.82. The predicted octanol–water partition coefficient (Wildman–Crippen LogP) is 3.10. The van der Waals surface area contributed by atoms with Crippen LogP contribution in [0.3, 0.4) is 0 Å². The second kappa shape index (κ2) is 6.58. The number of hydrogen-bond donors (Lipinski definition) is 3. The lowest BCUT2D eigenvalue weighted by Crippen LogP contribution is -2.13. The second-order valence-electron chi connectivity index (χ2n) is 4.32. The van der Waals surface area contributed by atoms with Gasteiger partial charge in [0.05, 0.1) is 0 Å². The molecule has 6 heteroatoms. The Bertz CT molecular complexity index is 600. The van der Waals surface area contributed by atoms with Gasteiger partial charge < -0.3 is 10.7 Å². The maximum Gasteiger partial charge on any atom is 0.148 e. The number of hydrazine groups is 1. The van der Waals surface area contributed by atoms with Crippen LogP contribution in [0, 0.1) is 6.92 Å². The summed E-state index contributed by atoms with van der Waals surface area (Å²) in [7, 11) is 0. The van der Waals surface area contributed by atoms with Crippen molar-refractivity contribution in [3.63, 3.8) is 0 Å². The van der Waals surface area contributed by atoms with E-state index in [4.69, 9.17) is 5.84 Å². The van der Waals surface area contributed by atoms with E-state index in [1.54, 1.807) is 11.8 Å². The van der Waals surface area contributed by atoms with E-state index in [-0.39, 0.29) is 0 Å². The zero-order chi connectivity index (χ0) is 14.5. The Morgan fingerprint density at radius 1 is 1.25 bits per heavy atom. The van der Waals surface area contributed by atoms with E-state index < -0.39 is 0 Å². The van der Waals surface area contributed by atoms with Crippen LogP contribution < -0.4 is 16.6 Å². The van der Waals surface area contributed by atoms with E-state index in [2.05, 4.69) is 39.1 Å². The molecule has 1 heterocycles. The summed E-state index contributed by atoms with van der Waals surface area (Å²) in [6.07, 6.45) is 2.81. The number of thioether (sulfide) groups is 1. The van der Waals surface area contributed by atoms with E-state index in [0.29, 0.717) is 5.82 Å². The largest absolute Gasteiger partial charge is 0.340 e. The highest BCUT2D eigenvalue weighted by Gasteiger charge is 2.09. The minimum absolute atomic E-state index is 0.653.